The van der Waals surface area contributed by atoms with Crippen LogP contribution in [0, 0.1) is 5.41 Å². The summed E-state index contributed by atoms with van der Waals surface area (Å²) >= 11 is 0. The van der Waals surface area contributed by atoms with Crippen molar-refractivity contribution in [3.63, 3.8) is 0 Å². The minimum Gasteiger partial charge on any atom is -0.508 e. The van der Waals surface area contributed by atoms with Crippen molar-refractivity contribution in [3.8, 4) is 5.75 Å². The number of carbonyl (C=O) groups excluding carboxylic acids is 1. The molecule has 0 heterocycles. The highest BCUT2D eigenvalue weighted by Gasteiger charge is 2.37. The molecular formula is C17H24O2. The van der Waals surface area contributed by atoms with Gasteiger partial charge in [0.1, 0.15) is 5.75 Å². The summed E-state index contributed by atoms with van der Waals surface area (Å²) in [7, 11) is 0. The molecule has 2 nitrogen and oxygen atoms in total. The van der Waals surface area contributed by atoms with Crippen LogP contribution in [0.15, 0.2) is 12.1 Å². The maximum absolute atomic E-state index is 12.2. The van der Waals surface area contributed by atoms with Crippen molar-refractivity contribution in [2.24, 2.45) is 5.41 Å². The van der Waals surface area contributed by atoms with Crippen molar-refractivity contribution in [2.75, 3.05) is 0 Å². The molecule has 19 heavy (non-hydrogen) atoms. The molecule has 0 spiro atoms. The highest BCUT2D eigenvalue weighted by atomic mass is 16.3. The SMILES string of the molecule is CCCCCCc1cc2c(cc1O)C(=O)C(C)(C)C2. The lowest BCUT2D eigenvalue weighted by Crippen LogP contribution is -2.18. The van der Waals surface area contributed by atoms with Crippen molar-refractivity contribution in [3.05, 3.63) is 28.8 Å². The third-order valence-electron chi connectivity index (χ3n) is 4.10. The average Bonchev–Trinajstić information content (AvgIpc) is 2.57. The molecule has 1 aromatic rings. The molecule has 1 aliphatic rings. The number of ketones is 1. The Morgan fingerprint density at radius 3 is 2.63 bits per heavy atom. The third kappa shape index (κ3) is 2.83. The van der Waals surface area contributed by atoms with E-state index in [0.717, 1.165) is 36.0 Å². The lowest BCUT2D eigenvalue weighted by atomic mass is 9.89. The predicted octanol–water partition coefficient (Wildman–Crippen LogP) is 4.28. The Hall–Kier alpha value is -1.31. The Morgan fingerprint density at radius 2 is 1.95 bits per heavy atom. The van der Waals surface area contributed by atoms with Crippen LogP contribution in [0.2, 0.25) is 0 Å². The number of hydrogen-bond acceptors (Lipinski definition) is 2. The first-order chi connectivity index (χ1) is 8.95. The van der Waals surface area contributed by atoms with E-state index in [1.54, 1.807) is 6.07 Å². The van der Waals surface area contributed by atoms with Crippen molar-refractivity contribution in [1.82, 2.24) is 0 Å². The Labute approximate surface area is 115 Å². The molecule has 0 radical (unpaired) electrons. The fourth-order valence-electron chi connectivity index (χ4n) is 2.91. The van der Waals surface area contributed by atoms with Crippen LogP contribution in [0.4, 0.5) is 0 Å². The molecule has 2 heteroatoms. The van der Waals surface area contributed by atoms with Gasteiger partial charge in [-0.15, -0.1) is 0 Å². The maximum atomic E-state index is 12.2. The van der Waals surface area contributed by atoms with Gasteiger partial charge in [0.25, 0.3) is 0 Å². The van der Waals surface area contributed by atoms with Crippen LogP contribution < -0.4 is 0 Å². The van der Waals surface area contributed by atoms with E-state index >= 15 is 0 Å². The van der Waals surface area contributed by atoms with Crippen LogP contribution in [0.3, 0.4) is 0 Å². The number of carbonyl (C=O) groups is 1. The summed E-state index contributed by atoms with van der Waals surface area (Å²) in [5.74, 6) is 0.455. The van der Waals surface area contributed by atoms with Crippen LogP contribution in [0.25, 0.3) is 0 Å². The second kappa shape index (κ2) is 5.36. The fourth-order valence-corrected chi connectivity index (χ4v) is 2.91. The minimum absolute atomic E-state index is 0.162. The van der Waals surface area contributed by atoms with Gasteiger partial charge in [0.15, 0.2) is 5.78 Å². The molecular weight excluding hydrogens is 236 g/mol. The van der Waals surface area contributed by atoms with Crippen LogP contribution in [0.1, 0.15) is 67.9 Å². The standard InChI is InChI=1S/C17H24O2/c1-4-5-6-7-8-12-9-13-11-17(2,3)16(19)14(13)10-15(12)18/h9-10,18H,4-8,11H2,1-3H3. The summed E-state index contributed by atoms with van der Waals surface area (Å²) in [5.41, 5.74) is 2.52. The molecule has 0 unspecified atom stereocenters. The van der Waals surface area contributed by atoms with E-state index in [2.05, 4.69) is 6.92 Å². The van der Waals surface area contributed by atoms with Crippen LogP contribution >= 0.6 is 0 Å². The number of aromatic hydroxyl groups is 1. The number of Topliss-reactive ketones (excluding diaryl/α,β-unsaturated/α-hetero) is 1. The Balaban J connectivity index is 2.15. The Kier molecular flexibility index (Phi) is 3.98. The molecule has 0 bridgehead atoms. The van der Waals surface area contributed by atoms with E-state index in [0.29, 0.717) is 5.75 Å². The quantitative estimate of drug-likeness (QED) is 0.802. The predicted molar refractivity (Wildman–Crippen MR) is 77.8 cm³/mol. The molecule has 0 atom stereocenters. The second-order valence-corrected chi connectivity index (χ2v) is 6.34. The van der Waals surface area contributed by atoms with Crippen molar-refractivity contribution in [2.45, 2.75) is 59.3 Å². The average molecular weight is 260 g/mol. The van der Waals surface area contributed by atoms with Gasteiger partial charge in [-0.1, -0.05) is 46.1 Å². The van der Waals surface area contributed by atoms with Crippen molar-refractivity contribution >= 4 is 5.78 Å². The number of fused-ring (bicyclic) bond motifs is 1. The van der Waals surface area contributed by atoms with E-state index < -0.39 is 0 Å². The number of phenols is 1. The van der Waals surface area contributed by atoms with E-state index in [1.165, 1.54) is 19.3 Å². The molecule has 0 fully saturated rings. The molecule has 0 saturated heterocycles. The maximum Gasteiger partial charge on any atom is 0.169 e. The number of unbranched alkanes of at least 4 members (excludes halogenated alkanes) is 3. The highest BCUT2D eigenvalue weighted by molar-refractivity contribution is 6.04. The van der Waals surface area contributed by atoms with E-state index in [4.69, 9.17) is 0 Å². The zero-order valence-electron chi connectivity index (χ0n) is 12.3. The first-order valence-electron chi connectivity index (χ1n) is 7.35. The molecule has 0 saturated carbocycles. The number of phenolic OH excluding ortho intramolecular Hbond substituents is 1. The van der Waals surface area contributed by atoms with Gasteiger partial charge >= 0.3 is 0 Å². The zero-order valence-corrected chi connectivity index (χ0v) is 12.3. The minimum atomic E-state index is -0.310. The Bertz CT molecular complexity index is 486. The molecule has 104 valence electrons. The van der Waals surface area contributed by atoms with E-state index in [9.17, 15) is 9.90 Å². The highest BCUT2D eigenvalue weighted by Crippen LogP contribution is 2.39. The summed E-state index contributed by atoms with van der Waals surface area (Å²) in [6.07, 6.45) is 6.49. The fraction of sp³-hybridized carbons (Fsp3) is 0.588. The Morgan fingerprint density at radius 1 is 1.21 bits per heavy atom. The number of aryl methyl sites for hydroxylation is 1. The van der Waals surface area contributed by atoms with E-state index in [1.807, 2.05) is 19.9 Å². The van der Waals surface area contributed by atoms with Gasteiger partial charge in [-0.3, -0.25) is 4.79 Å². The molecule has 0 amide bonds. The van der Waals surface area contributed by atoms with Crippen LogP contribution in [0.5, 0.6) is 5.75 Å². The van der Waals surface area contributed by atoms with Gasteiger partial charge in [0.05, 0.1) is 0 Å². The molecule has 1 N–H and O–H groups in total. The number of benzene rings is 1. The van der Waals surface area contributed by atoms with Crippen molar-refractivity contribution in [1.29, 1.82) is 0 Å². The van der Waals surface area contributed by atoms with Gasteiger partial charge in [0, 0.05) is 11.0 Å². The number of rotatable bonds is 5. The van der Waals surface area contributed by atoms with Crippen molar-refractivity contribution < 1.29 is 9.90 Å². The van der Waals surface area contributed by atoms with Gasteiger partial charge in [-0.05, 0) is 36.5 Å². The first kappa shape index (κ1) is 14.1. The lowest BCUT2D eigenvalue weighted by molar-refractivity contribution is 0.0863. The monoisotopic (exact) mass is 260 g/mol. The van der Waals surface area contributed by atoms with Gasteiger partial charge in [-0.25, -0.2) is 0 Å². The summed E-state index contributed by atoms with van der Waals surface area (Å²) in [6.45, 7) is 6.15. The summed E-state index contributed by atoms with van der Waals surface area (Å²) in [5, 5.41) is 10.1. The largest absolute Gasteiger partial charge is 0.508 e. The smallest absolute Gasteiger partial charge is 0.169 e. The molecule has 2 rings (SSSR count). The van der Waals surface area contributed by atoms with Crippen LogP contribution in [-0.2, 0) is 12.8 Å². The third-order valence-corrected chi connectivity index (χ3v) is 4.10. The normalized spacial score (nSPS) is 16.7. The molecule has 1 aromatic carbocycles. The first-order valence-corrected chi connectivity index (χ1v) is 7.35. The van der Waals surface area contributed by atoms with Crippen LogP contribution in [-0.4, -0.2) is 10.9 Å². The van der Waals surface area contributed by atoms with Gasteiger partial charge in [-0.2, -0.15) is 0 Å². The second-order valence-electron chi connectivity index (χ2n) is 6.34. The zero-order chi connectivity index (χ0) is 14.0. The summed E-state index contributed by atoms with van der Waals surface area (Å²) < 4.78 is 0. The molecule has 1 aliphatic carbocycles. The topological polar surface area (TPSA) is 37.3 Å². The van der Waals surface area contributed by atoms with Gasteiger partial charge < -0.3 is 5.11 Å². The summed E-state index contributed by atoms with van der Waals surface area (Å²) in [4.78, 5) is 12.2. The lowest BCUT2D eigenvalue weighted by Gasteiger charge is -2.12. The van der Waals surface area contributed by atoms with Gasteiger partial charge in [0.2, 0.25) is 0 Å². The number of hydrogen-bond donors (Lipinski definition) is 1. The molecule has 0 aromatic heterocycles. The van der Waals surface area contributed by atoms with E-state index in [-0.39, 0.29) is 11.2 Å². The molecule has 0 aliphatic heterocycles. The summed E-state index contributed by atoms with van der Waals surface area (Å²) in [6, 6.07) is 3.73.